The molecule has 33 heavy (non-hydrogen) atoms. The number of methoxy groups -OCH3 is 1. The van der Waals surface area contributed by atoms with E-state index in [1.54, 1.807) is 29.8 Å². The average Bonchev–Trinajstić information content (AvgIpc) is 3.54. The molecule has 164 valence electrons. The number of anilines is 1. The maximum absolute atomic E-state index is 11.9. The van der Waals surface area contributed by atoms with E-state index < -0.39 is 6.10 Å². The molecule has 2 atom stereocenters. The van der Waals surface area contributed by atoms with Gasteiger partial charge in [0.15, 0.2) is 0 Å². The van der Waals surface area contributed by atoms with E-state index in [4.69, 9.17) is 21.1 Å². The third-order valence-electron chi connectivity index (χ3n) is 5.82. The third kappa shape index (κ3) is 3.21. The third-order valence-corrected chi connectivity index (χ3v) is 6.98. The maximum atomic E-state index is 11.9. The van der Waals surface area contributed by atoms with Crippen molar-refractivity contribution in [1.82, 2.24) is 14.8 Å². The molecular weight excluding hydrogens is 460 g/mol. The van der Waals surface area contributed by atoms with E-state index >= 15 is 0 Å². The molecule has 0 bridgehead atoms. The number of nitrogens with one attached hydrogen (secondary N) is 1. The number of carbonyl (C=O) groups excluding carboxylic acids is 1. The first-order chi connectivity index (χ1) is 16.1. The molecule has 2 aromatic carbocycles. The van der Waals surface area contributed by atoms with Crippen LogP contribution in [0, 0.1) is 0 Å². The summed E-state index contributed by atoms with van der Waals surface area (Å²) in [6.45, 7) is 0. The molecule has 0 amide bonds. The lowest BCUT2D eigenvalue weighted by Gasteiger charge is -2.38. The highest BCUT2D eigenvalue weighted by atomic mass is 35.5. The Balaban J connectivity index is 1.57. The Kier molecular flexibility index (Phi) is 4.70. The van der Waals surface area contributed by atoms with Gasteiger partial charge in [0, 0.05) is 21.0 Å². The number of nitrogens with zero attached hydrogens (tertiary/aromatic N) is 3. The van der Waals surface area contributed by atoms with E-state index in [0.717, 1.165) is 27.3 Å². The van der Waals surface area contributed by atoms with Crippen LogP contribution in [0.2, 0.25) is 5.02 Å². The van der Waals surface area contributed by atoms with Gasteiger partial charge in [-0.1, -0.05) is 29.8 Å². The Morgan fingerprint density at radius 3 is 2.82 bits per heavy atom. The van der Waals surface area contributed by atoms with Gasteiger partial charge < -0.3 is 14.8 Å². The summed E-state index contributed by atoms with van der Waals surface area (Å²) in [6, 6.07) is 16.8. The van der Waals surface area contributed by atoms with Crippen molar-refractivity contribution in [2.24, 2.45) is 0 Å². The van der Waals surface area contributed by atoms with Crippen LogP contribution in [-0.4, -0.2) is 27.8 Å². The van der Waals surface area contributed by atoms with Gasteiger partial charge in [-0.15, -0.1) is 11.3 Å². The highest BCUT2D eigenvalue weighted by molar-refractivity contribution is 7.10. The largest absolute Gasteiger partial charge is 0.480 e. The molecule has 2 aromatic heterocycles. The van der Waals surface area contributed by atoms with E-state index in [2.05, 4.69) is 21.5 Å². The number of hydrogen-bond acceptors (Lipinski definition) is 7. The second kappa shape index (κ2) is 7.75. The second-order valence-corrected chi connectivity index (χ2v) is 9.07. The van der Waals surface area contributed by atoms with Crippen LogP contribution in [0.3, 0.4) is 0 Å². The van der Waals surface area contributed by atoms with Crippen LogP contribution < -0.4 is 10.1 Å². The Hall–Kier alpha value is -3.62. The molecule has 0 saturated heterocycles. The zero-order chi connectivity index (χ0) is 22.5. The second-order valence-electron chi connectivity index (χ2n) is 7.65. The molecule has 7 nitrogen and oxygen atoms in total. The van der Waals surface area contributed by atoms with Gasteiger partial charge >= 0.3 is 5.97 Å². The van der Waals surface area contributed by atoms with Crippen molar-refractivity contribution in [3.63, 3.8) is 0 Å². The van der Waals surface area contributed by atoms with Crippen molar-refractivity contribution in [2.45, 2.75) is 12.1 Å². The molecule has 0 unspecified atom stereocenters. The molecule has 2 aliphatic rings. The highest BCUT2D eigenvalue weighted by Gasteiger charge is 2.41. The Bertz CT molecular complexity index is 1400. The molecule has 6 rings (SSSR count). The Morgan fingerprint density at radius 1 is 1.21 bits per heavy atom. The van der Waals surface area contributed by atoms with Crippen LogP contribution in [0.4, 0.5) is 5.95 Å². The van der Waals surface area contributed by atoms with E-state index in [9.17, 15) is 4.79 Å². The number of carbonyl (C=O) groups is 1. The molecule has 2 aliphatic heterocycles. The van der Waals surface area contributed by atoms with Gasteiger partial charge in [0.2, 0.25) is 5.95 Å². The quantitative estimate of drug-likeness (QED) is 0.402. The van der Waals surface area contributed by atoms with E-state index in [1.807, 2.05) is 46.5 Å². The van der Waals surface area contributed by atoms with Crippen molar-refractivity contribution >= 4 is 40.6 Å². The van der Waals surface area contributed by atoms with Gasteiger partial charge in [-0.2, -0.15) is 10.1 Å². The van der Waals surface area contributed by atoms with Crippen LogP contribution in [-0.2, 0) is 4.74 Å². The molecule has 1 N–H and O–H groups in total. The summed E-state index contributed by atoms with van der Waals surface area (Å²) in [4.78, 5) is 17.5. The Morgan fingerprint density at radius 2 is 2.06 bits per heavy atom. The summed E-state index contributed by atoms with van der Waals surface area (Å²) in [5.74, 6) is 0.986. The lowest BCUT2D eigenvalue weighted by Crippen LogP contribution is -2.32. The van der Waals surface area contributed by atoms with Gasteiger partial charge in [0.1, 0.15) is 24.2 Å². The number of ether oxygens (including phenoxy) is 2. The Labute approximate surface area is 198 Å². The maximum Gasteiger partial charge on any atom is 0.337 e. The molecule has 4 aromatic rings. The van der Waals surface area contributed by atoms with Gasteiger partial charge in [-0.05, 0) is 47.3 Å². The van der Waals surface area contributed by atoms with Crippen molar-refractivity contribution in [3.8, 4) is 5.75 Å². The van der Waals surface area contributed by atoms with Crippen LogP contribution in [0.1, 0.15) is 38.5 Å². The van der Waals surface area contributed by atoms with Crippen molar-refractivity contribution in [3.05, 3.63) is 98.5 Å². The summed E-state index contributed by atoms with van der Waals surface area (Å²) in [5.41, 5.74) is 4.16. The number of rotatable bonds is 3. The number of hydrogen-bond donors (Lipinski definition) is 1. The number of benzene rings is 2. The lowest BCUT2D eigenvalue weighted by molar-refractivity contribution is 0.0600. The van der Waals surface area contributed by atoms with E-state index in [0.29, 0.717) is 22.3 Å². The standard InChI is InChI=1S/C24H17ClN4O3S/c1-31-23(30)14-6-4-13(5-7-14)22-19-20(16-11-15(25)8-9-17(16)32-22)28-24-26-12-27-29(24)21(19)18-3-2-10-33-18/h2-12,21-22H,1H3,(H,26,27,28)/t21-,22-/m0/s1. The number of fused-ring (bicyclic) bond motifs is 3. The van der Waals surface area contributed by atoms with Gasteiger partial charge in [-0.3, -0.25) is 0 Å². The normalized spacial score (nSPS) is 18.5. The molecular formula is C24H17ClN4O3S. The van der Waals surface area contributed by atoms with E-state index in [-0.39, 0.29) is 12.0 Å². The summed E-state index contributed by atoms with van der Waals surface area (Å²) in [7, 11) is 1.37. The summed E-state index contributed by atoms with van der Waals surface area (Å²) >= 11 is 8.01. The molecule has 0 radical (unpaired) electrons. The fourth-order valence-electron chi connectivity index (χ4n) is 4.35. The predicted octanol–water partition coefficient (Wildman–Crippen LogP) is 5.34. The molecule has 4 heterocycles. The summed E-state index contributed by atoms with van der Waals surface area (Å²) in [6.07, 6.45) is 1.12. The minimum atomic E-state index is -0.419. The first kappa shape index (κ1) is 20.0. The fraction of sp³-hybridized carbons (Fsp3) is 0.125. The van der Waals surface area contributed by atoms with Crippen LogP contribution in [0.25, 0.3) is 5.70 Å². The zero-order valence-electron chi connectivity index (χ0n) is 17.4. The van der Waals surface area contributed by atoms with Crippen molar-refractivity contribution < 1.29 is 14.3 Å². The molecule has 9 heteroatoms. The van der Waals surface area contributed by atoms with Gasteiger partial charge in [-0.25, -0.2) is 9.48 Å². The molecule has 0 saturated carbocycles. The summed E-state index contributed by atoms with van der Waals surface area (Å²) < 4.78 is 13.3. The van der Waals surface area contributed by atoms with Crippen molar-refractivity contribution in [1.29, 1.82) is 0 Å². The van der Waals surface area contributed by atoms with E-state index in [1.165, 1.54) is 7.11 Å². The number of aromatic nitrogens is 3. The SMILES string of the molecule is COC(=O)c1ccc([C@@H]2Oc3ccc(Cl)cc3C3=C2[C@H](c2cccs2)n2ncnc2N3)cc1. The van der Waals surface area contributed by atoms with Crippen LogP contribution in [0.5, 0.6) is 5.75 Å². The first-order valence-corrected chi connectivity index (χ1v) is 11.5. The minimum Gasteiger partial charge on any atom is -0.480 e. The highest BCUT2D eigenvalue weighted by Crippen LogP contribution is 2.51. The number of halogens is 1. The van der Waals surface area contributed by atoms with Gasteiger partial charge in [0.25, 0.3) is 0 Å². The smallest absolute Gasteiger partial charge is 0.337 e. The average molecular weight is 477 g/mol. The number of thiophene rings is 1. The fourth-order valence-corrected chi connectivity index (χ4v) is 5.35. The van der Waals surface area contributed by atoms with Gasteiger partial charge in [0.05, 0.1) is 18.4 Å². The predicted molar refractivity (Wildman–Crippen MR) is 126 cm³/mol. The topological polar surface area (TPSA) is 78.3 Å². The number of esters is 1. The molecule has 0 fully saturated rings. The monoisotopic (exact) mass is 476 g/mol. The summed E-state index contributed by atoms with van der Waals surface area (Å²) in [5, 5.41) is 10.6. The van der Waals surface area contributed by atoms with Crippen LogP contribution >= 0.6 is 22.9 Å². The zero-order valence-corrected chi connectivity index (χ0v) is 18.9. The first-order valence-electron chi connectivity index (χ1n) is 10.2. The minimum absolute atomic E-state index is 0.212. The lowest BCUT2D eigenvalue weighted by atomic mass is 9.86. The van der Waals surface area contributed by atoms with Crippen LogP contribution in [0.15, 0.2) is 71.9 Å². The molecule has 0 aliphatic carbocycles. The van der Waals surface area contributed by atoms with Crippen molar-refractivity contribution in [2.75, 3.05) is 12.4 Å². The molecule has 0 spiro atoms.